The van der Waals surface area contributed by atoms with Crippen LogP contribution in [-0.4, -0.2) is 53.0 Å². The Morgan fingerprint density at radius 2 is 2.05 bits per heavy atom. The summed E-state index contributed by atoms with van der Waals surface area (Å²) in [7, 11) is 0. The molecule has 1 amide bonds. The molecule has 0 bridgehead atoms. The zero-order valence-electron chi connectivity index (χ0n) is 14.1. The van der Waals surface area contributed by atoms with Gasteiger partial charge in [0.2, 0.25) is 0 Å². The first-order valence-electron chi connectivity index (χ1n) is 7.44. The fraction of sp³-hybridized carbons (Fsp3) is 0.750. The van der Waals surface area contributed by atoms with E-state index in [1.165, 1.54) is 4.90 Å². The first kappa shape index (κ1) is 18.5. The SMILES string of the molecule is C=CCOC[C@@]1(C)C[C@@H](C(=O)O)N(C(=O)OC(C)(C)C)[C@@H]1C. The lowest BCUT2D eigenvalue weighted by molar-refractivity contribution is -0.142. The molecule has 1 saturated heterocycles. The lowest BCUT2D eigenvalue weighted by Gasteiger charge is -2.33. The first-order valence-corrected chi connectivity index (χ1v) is 7.44. The molecule has 0 aromatic carbocycles. The Labute approximate surface area is 132 Å². The van der Waals surface area contributed by atoms with Crippen molar-refractivity contribution in [2.24, 2.45) is 5.41 Å². The Hall–Kier alpha value is -1.56. The van der Waals surface area contributed by atoms with Crippen molar-refractivity contribution in [1.29, 1.82) is 0 Å². The van der Waals surface area contributed by atoms with Crippen LogP contribution in [-0.2, 0) is 14.3 Å². The highest BCUT2D eigenvalue weighted by Crippen LogP contribution is 2.41. The summed E-state index contributed by atoms with van der Waals surface area (Å²) < 4.78 is 10.9. The van der Waals surface area contributed by atoms with Crippen LogP contribution in [0, 0.1) is 5.41 Å². The van der Waals surface area contributed by atoms with Gasteiger partial charge < -0.3 is 14.6 Å². The van der Waals surface area contributed by atoms with Crippen LogP contribution in [0.25, 0.3) is 0 Å². The van der Waals surface area contributed by atoms with Gasteiger partial charge >= 0.3 is 12.1 Å². The lowest BCUT2D eigenvalue weighted by atomic mass is 9.83. The minimum Gasteiger partial charge on any atom is -0.480 e. The second-order valence-electron chi connectivity index (χ2n) is 7.08. The van der Waals surface area contributed by atoms with E-state index in [1.807, 2.05) is 13.8 Å². The van der Waals surface area contributed by atoms with Crippen molar-refractivity contribution < 1.29 is 24.2 Å². The summed E-state index contributed by atoms with van der Waals surface area (Å²) in [6.45, 7) is 13.4. The van der Waals surface area contributed by atoms with Crippen molar-refractivity contribution in [1.82, 2.24) is 4.90 Å². The van der Waals surface area contributed by atoms with Gasteiger partial charge in [-0.05, 0) is 34.1 Å². The summed E-state index contributed by atoms with van der Waals surface area (Å²) in [5.41, 5.74) is -1.11. The highest BCUT2D eigenvalue weighted by Gasteiger charge is 2.53. The molecule has 1 fully saturated rings. The van der Waals surface area contributed by atoms with E-state index in [4.69, 9.17) is 9.47 Å². The fourth-order valence-electron chi connectivity index (χ4n) is 2.68. The van der Waals surface area contributed by atoms with Crippen molar-refractivity contribution in [2.45, 2.75) is 58.7 Å². The largest absolute Gasteiger partial charge is 0.480 e. The van der Waals surface area contributed by atoms with E-state index in [-0.39, 0.29) is 6.04 Å². The minimum atomic E-state index is -1.02. The predicted molar refractivity (Wildman–Crippen MR) is 82.7 cm³/mol. The topological polar surface area (TPSA) is 76.1 Å². The Balaban J connectivity index is 2.96. The van der Waals surface area contributed by atoms with E-state index in [0.29, 0.717) is 19.6 Å². The first-order chi connectivity index (χ1) is 10.0. The quantitative estimate of drug-likeness (QED) is 0.624. The van der Waals surface area contributed by atoms with Crippen LogP contribution in [0.3, 0.4) is 0 Å². The van der Waals surface area contributed by atoms with Gasteiger partial charge in [0.05, 0.1) is 13.2 Å². The van der Waals surface area contributed by atoms with Crippen LogP contribution < -0.4 is 0 Å². The molecule has 0 saturated carbocycles. The number of carbonyl (C=O) groups is 2. The van der Waals surface area contributed by atoms with E-state index in [1.54, 1.807) is 26.8 Å². The normalized spacial score (nSPS) is 28.5. The number of amides is 1. The van der Waals surface area contributed by atoms with Gasteiger partial charge in [0.15, 0.2) is 0 Å². The highest BCUT2D eigenvalue weighted by atomic mass is 16.6. The molecule has 22 heavy (non-hydrogen) atoms. The van der Waals surface area contributed by atoms with Crippen molar-refractivity contribution in [3.63, 3.8) is 0 Å². The third kappa shape index (κ3) is 4.22. The number of likely N-dealkylation sites (tertiary alicyclic amines) is 1. The molecule has 0 spiro atoms. The van der Waals surface area contributed by atoms with Gasteiger partial charge in [0.25, 0.3) is 0 Å². The third-order valence-electron chi connectivity index (χ3n) is 3.98. The number of nitrogens with zero attached hydrogens (tertiary/aromatic N) is 1. The van der Waals surface area contributed by atoms with Crippen LogP contribution in [0.2, 0.25) is 0 Å². The summed E-state index contributed by atoms with van der Waals surface area (Å²) >= 11 is 0. The Morgan fingerprint density at radius 1 is 1.45 bits per heavy atom. The summed E-state index contributed by atoms with van der Waals surface area (Å²) in [6.07, 6.45) is 1.38. The number of hydrogen-bond donors (Lipinski definition) is 1. The van der Waals surface area contributed by atoms with Gasteiger partial charge in [-0.25, -0.2) is 9.59 Å². The van der Waals surface area contributed by atoms with Crippen molar-refractivity contribution in [3.8, 4) is 0 Å². The molecule has 0 radical (unpaired) electrons. The molecule has 1 aliphatic heterocycles. The van der Waals surface area contributed by atoms with E-state index in [2.05, 4.69) is 6.58 Å². The van der Waals surface area contributed by atoms with Crippen molar-refractivity contribution >= 4 is 12.1 Å². The average molecular weight is 313 g/mol. The number of hydrogen-bond acceptors (Lipinski definition) is 4. The van der Waals surface area contributed by atoms with E-state index >= 15 is 0 Å². The second-order valence-corrected chi connectivity index (χ2v) is 7.08. The van der Waals surface area contributed by atoms with Crippen molar-refractivity contribution in [2.75, 3.05) is 13.2 Å². The zero-order valence-corrected chi connectivity index (χ0v) is 14.1. The highest BCUT2D eigenvalue weighted by molar-refractivity contribution is 5.81. The van der Waals surface area contributed by atoms with Gasteiger partial charge in [-0.1, -0.05) is 13.0 Å². The van der Waals surface area contributed by atoms with Gasteiger partial charge in [0, 0.05) is 11.5 Å². The number of aliphatic carboxylic acids is 1. The Bertz CT molecular complexity index is 442. The molecule has 1 N–H and O–H groups in total. The van der Waals surface area contributed by atoms with Crippen LogP contribution in [0.1, 0.15) is 41.0 Å². The number of carboxylic acids is 1. The third-order valence-corrected chi connectivity index (χ3v) is 3.98. The van der Waals surface area contributed by atoms with Crippen LogP contribution in [0.4, 0.5) is 4.79 Å². The summed E-state index contributed by atoms with van der Waals surface area (Å²) in [5.74, 6) is -1.02. The Kier molecular flexibility index (Phi) is 5.62. The number of carboxylic acid groups (broad SMARTS) is 1. The van der Waals surface area contributed by atoms with Crippen LogP contribution in [0.15, 0.2) is 12.7 Å². The maximum Gasteiger partial charge on any atom is 0.411 e. The summed E-state index contributed by atoms with van der Waals surface area (Å²) in [6, 6.07) is -1.20. The lowest BCUT2D eigenvalue weighted by Crippen LogP contribution is -2.48. The standard InChI is InChI=1S/C16H27NO5/c1-7-8-21-10-16(6)9-12(13(18)19)17(11(16)2)14(20)22-15(3,4)5/h7,11-12H,1,8-10H2,2-6H3,(H,18,19)/t11-,12+,16-/m1/s1. The molecule has 0 aromatic rings. The average Bonchev–Trinajstić information content (AvgIpc) is 2.61. The molecule has 0 aliphatic carbocycles. The van der Waals surface area contributed by atoms with E-state index < -0.39 is 29.1 Å². The molecule has 0 aromatic heterocycles. The maximum absolute atomic E-state index is 12.4. The second kappa shape index (κ2) is 6.69. The molecule has 0 unspecified atom stereocenters. The van der Waals surface area contributed by atoms with E-state index in [0.717, 1.165) is 0 Å². The monoisotopic (exact) mass is 313 g/mol. The summed E-state index contributed by atoms with van der Waals surface area (Å²) in [4.78, 5) is 25.3. The van der Waals surface area contributed by atoms with Crippen molar-refractivity contribution in [3.05, 3.63) is 12.7 Å². The molecule has 6 heteroatoms. The minimum absolute atomic E-state index is 0.298. The molecular formula is C16H27NO5. The smallest absolute Gasteiger partial charge is 0.411 e. The van der Waals surface area contributed by atoms with Crippen LogP contribution in [0.5, 0.6) is 0 Å². The zero-order chi connectivity index (χ0) is 17.1. The molecule has 1 heterocycles. The molecule has 1 aliphatic rings. The number of ether oxygens (including phenoxy) is 2. The van der Waals surface area contributed by atoms with Crippen LogP contribution >= 0.6 is 0 Å². The number of rotatable bonds is 5. The molecule has 6 nitrogen and oxygen atoms in total. The van der Waals surface area contributed by atoms with Gasteiger partial charge in [-0.2, -0.15) is 0 Å². The van der Waals surface area contributed by atoms with Gasteiger partial charge in [-0.15, -0.1) is 6.58 Å². The molecule has 1 rings (SSSR count). The molecular weight excluding hydrogens is 286 g/mol. The Morgan fingerprint density at radius 3 is 2.50 bits per heavy atom. The van der Waals surface area contributed by atoms with Gasteiger partial charge in [-0.3, -0.25) is 4.90 Å². The summed E-state index contributed by atoms with van der Waals surface area (Å²) in [5, 5.41) is 9.45. The number of carbonyl (C=O) groups excluding carboxylic acids is 1. The predicted octanol–water partition coefficient (Wildman–Crippen LogP) is 2.68. The molecule has 126 valence electrons. The van der Waals surface area contributed by atoms with E-state index in [9.17, 15) is 14.7 Å². The fourth-order valence-corrected chi connectivity index (χ4v) is 2.68. The van der Waals surface area contributed by atoms with Gasteiger partial charge in [0.1, 0.15) is 11.6 Å². The maximum atomic E-state index is 12.4. The molecule has 3 atom stereocenters.